The van der Waals surface area contributed by atoms with Crippen molar-refractivity contribution in [2.45, 2.75) is 109 Å². The highest BCUT2D eigenvalue weighted by atomic mass is 16.6. The van der Waals surface area contributed by atoms with Gasteiger partial charge in [0.05, 0.1) is 52.3 Å². The summed E-state index contributed by atoms with van der Waals surface area (Å²) >= 11 is 0. The third-order valence-corrected chi connectivity index (χ3v) is 11.0. The number of fused-ring (bicyclic) bond motifs is 2. The number of methoxy groups -OCH3 is 4. The number of carbonyl (C=O) groups excluding carboxylic acids is 3. The molecule has 0 radical (unpaired) electrons. The van der Waals surface area contributed by atoms with Crippen LogP contribution in [0.15, 0.2) is 96.2 Å². The standard InChI is InChI=1S/C47H60N2O9/c1-32-16-15-19-36-28-39(55-5)29-40(44(36)56-6)48-42(50)30-38(54-4)20-13-8-7-9-14-21-41(33(2)43(32)57-31-34-22-24-37(53-3)25-23-34)58-46(52)47(26-27-47)49-45(51)35-17-11-10-12-18-35/h7-9,13-14,16-17,20,22-25,28-29,33,38,41,43H,10-12,15,18-19,21,26-27,30-31H2,1-6H3,(H,48,50)(H,49,51)/b8-7+,14-9+,20-13+,32-16-/t33-,38-,41-,43-/m0/s1. The number of benzene rings is 2. The average molecular weight is 797 g/mol. The third kappa shape index (κ3) is 12.2. The van der Waals surface area contributed by atoms with Crippen LogP contribution in [0.25, 0.3) is 0 Å². The zero-order chi connectivity index (χ0) is 41.5. The van der Waals surface area contributed by atoms with Crippen LogP contribution in [-0.2, 0) is 41.6 Å². The fourth-order valence-electron chi connectivity index (χ4n) is 7.36. The summed E-state index contributed by atoms with van der Waals surface area (Å²) in [5, 5.41) is 6.04. The van der Waals surface area contributed by atoms with Crippen LogP contribution in [0.1, 0.15) is 82.8 Å². The van der Waals surface area contributed by atoms with Gasteiger partial charge in [-0.15, -0.1) is 0 Å². The number of nitrogens with one attached hydrogen (secondary N) is 2. The van der Waals surface area contributed by atoms with Crippen LogP contribution >= 0.6 is 0 Å². The first-order valence-corrected chi connectivity index (χ1v) is 20.3. The fourth-order valence-corrected chi connectivity index (χ4v) is 7.36. The molecule has 0 spiro atoms. The average Bonchev–Trinajstić information content (AvgIpc) is 4.02. The van der Waals surface area contributed by atoms with Gasteiger partial charge >= 0.3 is 5.97 Å². The van der Waals surface area contributed by atoms with Crippen LogP contribution in [0.5, 0.6) is 17.2 Å². The Morgan fingerprint density at radius 3 is 2.31 bits per heavy atom. The first kappa shape index (κ1) is 44.0. The molecule has 4 atom stereocenters. The minimum Gasteiger partial charge on any atom is -0.497 e. The van der Waals surface area contributed by atoms with Crippen LogP contribution < -0.4 is 24.8 Å². The molecule has 5 rings (SSSR count). The molecule has 1 fully saturated rings. The first-order valence-electron chi connectivity index (χ1n) is 20.3. The summed E-state index contributed by atoms with van der Waals surface area (Å²) < 4.78 is 35.6. The van der Waals surface area contributed by atoms with Gasteiger partial charge in [-0.05, 0) is 87.6 Å². The van der Waals surface area contributed by atoms with Gasteiger partial charge in [0.15, 0.2) is 0 Å². The maximum Gasteiger partial charge on any atom is 0.332 e. The van der Waals surface area contributed by atoms with Crippen molar-refractivity contribution < 1.29 is 42.8 Å². The summed E-state index contributed by atoms with van der Waals surface area (Å²) in [6.45, 7) is 4.40. The molecule has 1 saturated carbocycles. The maximum absolute atomic E-state index is 14.1. The Bertz CT molecular complexity index is 1870. The Kier molecular flexibility index (Phi) is 16.4. The van der Waals surface area contributed by atoms with E-state index in [2.05, 4.69) is 16.7 Å². The van der Waals surface area contributed by atoms with Gasteiger partial charge in [0.2, 0.25) is 11.8 Å². The van der Waals surface area contributed by atoms with Gasteiger partial charge in [-0.25, -0.2) is 4.79 Å². The van der Waals surface area contributed by atoms with Gasteiger partial charge in [-0.2, -0.15) is 0 Å². The molecule has 11 nitrogen and oxygen atoms in total. The molecule has 0 saturated heterocycles. The molecule has 2 aliphatic carbocycles. The van der Waals surface area contributed by atoms with E-state index in [4.69, 9.17) is 28.4 Å². The zero-order valence-corrected chi connectivity index (χ0v) is 34.8. The lowest BCUT2D eigenvalue weighted by atomic mass is 9.89. The van der Waals surface area contributed by atoms with E-state index in [-0.39, 0.29) is 24.2 Å². The first-order chi connectivity index (χ1) is 28.1. The van der Waals surface area contributed by atoms with Crippen LogP contribution in [0.3, 0.4) is 0 Å². The van der Waals surface area contributed by atoms with Crippen molar-refractivity contribution in [3.05, 3.63) is 107 Å². The Hall–Kier alpha value is -5.13. The van der Waals surface area contributed by atoms with Crippen molar-refractivity contribution in [3.63, 3.8) is 0 Å². The van der Waals surface area contributed by atoms with Crippen molar-refractivity contribution in [1.29, 1.82) is 0 Å². The van der Waals surface area contributed by atoms with Gasteiger partial charge in [-0.3, -0.25) is 9.59 Å². The highest BCUT2D eigenvalue weighted by Crippen LogP contribution is 2.39. The Labute approximate surface area is 343 Å². The summed E-state index contributed by atoms with van der Waals surface area (Å²) in [6.07, 6.45) is 20.3. The normalized spacial score (nSPS) is 25.2. The smallest absolute Gasteiger partial charge is 0.332 e. The highest BCUT2D eigenvalue weighted by Gasteiger charge is 2.54. The van der Waals surface area contributed by atoms with Crippen LogP contribution in [0.2, 0.25) is 0 Å². The van der Waals surface area contributed by atoms with Crippen molar-refractivity contribution in [3.8, 4) is 17.2 Å². The lowest BCUT2D eigenvalue weighted by molar-refractivity contribution is -0.159. The topological polar surface area (TPSA) is 131 Å². The summed E-state index contributed by atoms with van der Waals surface area (Å²) in [6, 6.07) is 11.4. The molecule has 2 bridgehead atoms. The number of esters is 1. The number of allylic oxidation sites excluding steroid dienone is 6. The van der Waals surface area contributed by atoms with Crippen molar-refractivity contribution >= 4 is 23.5 Å². The monoisotopic (exact) mass is 796 g/mol. The lowest BCUT2D eigenvalue weighted by Crippen LogP contribution is -2.47. The van der Waals surface area contributed by atoms with E-state index in [1.807, 2.05) is 86.7 Å². The van der Waals surface area contributed by atoms with E-state index in [9.17, 15) is 14.4 Å². The molecule has 0 unspecified atom stereocenters. The van der Waals surface area contributed by atoms with E-state index < -0.39 is 29.8 Å². The summed E-state index contributed by atoms with van der Waals surface area (Å²) in [7, 11) is 6.37. The number of anilines is 1. The molecule has 3 aliphatic rings. The third-order valence-electron chi connectivity index (χ3n) is 11.0. The molecule has 2 aromatic rings. The van der Waals surface area contributed by atoms with Gasteiger partial charge in [0.25, 0.3) is 0 Å². The van der Waals surface area contributed by atoms with Gasteiger partial charge in [0, 0.05) is 36.7 Å². The molecule has 2 amide bonds. The molecule has 0 aromatic heterocycles. The molecule has 2 N–H and O–H groups in total. The number of hydrogen-bond donors (Lipinski definition) is 2. The largest absolute Gasteiger partial charge is 0.497 e. The number of hydrogen-bond acceptors (Lipinski definition) is 9. The minimum atomic E-state index is -1.03. The Morgan fingerprint density at radius 2 is 1.64 bits per heavy atom. The number of ether oxygens (including phenoxy) is 6. The van der Waals surface area contributed by atoms with Gasteiger partial charge < -0.3 is 39.1 Å². The molecule has 2 aromatic carbocycles. The quantitative estimate of drug-likeness (QED) is 0.170. The highest BCUT2D eigenvalue weighted by molar-refractivity contribution is 5.99. The zero-order valence-electron chi connectivity index (χ0n) is 34.8. The number of carbonyl (C=O) groups is 3. The second kappa shape index (κ2) is 21.6. The van der Waals surface area contributed by atoms with Crippen LogP contribution in [0.4, 0.5) is 5.69 Å². The Morgan fingerprint density at radius 1 is 0.879 bits per heavy atom. The number of aryl methyl sites for hydroxylation is 1. The molecular formula is C47H60N2O9. The fraction of sp³-hybridized carbons (Fsp3) is 0.468. The molecule has 312 valence electrons. The molecule has 58 heavy (non-hydrogen) atoms. The molecule has 11 heteroatoms. The predicted octanol–water partition coefficient (Wildman–Crippen LogP) is 8.29. The van der Waals surface area contributed by atoms with Crippen LogP contribution in [0, 0.1) is 5.92 Å². The minimum absolute atomic E-state index is 0.0940. The van der Waals surface area contributed by atoms with Gasteiger partial charge in [-0.1, -0.05) is 67.7 Å². The number of amides is 2. The molecule has 1 heterocycles. The summed E-state index contributed by atoms with van der Waals surface area (Å²) in [4.78, 5) is 40.5. The molecular weight excluding hydrogens is 737 g/mol. The van der Waals surface area contributed by atoms with Gasteiger partial charge in [0.1, 0.15) is 28.9 Å². The predicted molar refractivity (Wildman–Crippen MR) is 225 cm³/mol. The second-order valence-electron chi connectivity index (χ2n) is 15.2. The van der Waals surface area contributed by atoms with Crippen molar-refractivity contribution in [2.24, 2.45) is 5.92 Å². The van der Waals surface area contributed by atoms with E-state index in [0.717, 1.165) is 53.7 Å². The van der Waals surface area contributed by atoms with E-state index in [1.165, 1.54) is 0 Å². The lowest BCUT2D eigenvalue weighted by Gasteiger charge is -2.32. The van der Waals surface area contributed by atoms with Crippen molar-refractivity contribution in [1.82, 2.24) is 5.32 Å². The van der Waals surface area contributed by atoms with Crippen molar-refractivity contribution in [2.75, 3.05) is 33.8 Å². The van der Waals surface area contributed by atoms with E-state index in [0.29, 0.717) is 55.9 Å². The second-order valence-corrected chi connectivity index (χ2v) is 15.2. The Balaban J connectivity index is 1.47. The number of rotatable bonds is 11. The summed E-state index contributed by atoms with van der Waals surface area (Å²) in [5.41, 5.74) is 3.03. The van der Waals surface area contributed by atoms with E-state index in [1.54, 1.807) is 34.5 Å². The molecule has 1 aliphatic heterocycles. The summed E-state index contributed by atoms with van der Waals surface area (Å²) in [5.74, 6) is 0.779. The van der Waals surface area contributed by atoms with E-state index >= 15 is 0 Å². The maximum atomic E-state index is 14.1. The SMILES string of the molecule is COc1ccc(CO[C@H]2/C(C)=C\CCc3cc(OC)cc(c3OC)NC(=O)C[C@@H](OC)/C=C/C=C/C=C/C[C@H](OC(=O)C3(NC(=O)C4=CCCCC4)CC3)[C@@H]2C)cc1. The van der Waals surface area contributed by atoms with Crippen LogP contribution in [-0.4, -0.2) is 70.1 Å².